The smallest absolute Gasteiger partial charge is 0.278 e. The van der Waals surface area contributed by atoms with Gasteiger partial charge in [-0.3, -0.25) is 9.78 Å². The summed E-state index contributed by atoms with van der Waals surface area (Å²) >= 11 is 0. The van der Waals surface area contributed by atoms with Gasteiger partial charge in [-0.2, -0.15) is 4.98 Å². The first-order valence-electron chi connectivity index (χ1n) is 11.5. The summed E-state index contributed by atoms with van der Waals surface area (Å²) in [5.41, 5.74) is 4.20. The number of nitrogens with one attached hydrogen (secondary N) is 2. The monoisotopic (exact) mass is 461 g/mol. The van der Waals surface area contributed by atoms with E-state index in [-0.39, 0.29) is 22.7 Å². The molecule has 0 unspecified atom stereocenters. The molecule has 0 radical (unpaired) electrons. The van der Waals surface area contributed by atoms with E-state index in [4.69, 9.17) is 0 Å². The Balaban J connectivity index is 1.62. The normalized spacial score (nSPS) is 13.8. The van der Waals surface area contributed by atoms with E-state index in [1.807, 2.05) is 25.1 Å². The molecule has 0 saturated carbocycles. The summed E-state index contributed by atoms with van der Waals surface area (Å²) in [5, 5.41) is 6.68. The molecule has 0 saturated heterocycles. The molecule has 0 fully saturated rings. The van der Waals surface area contributed by atoms with Crippen molar-refractivity contribution in [2.24, 2.45) is 0 Å². The van der Waals surface area contributed by atoms with Crippen molar-refractivity contribution in [3.63, 3.8) is 0 Å². The average molecular weight is 462 g/mol. The van der Waals surface area contributed by atoms with E-state index in [2.05, 4.69) is 46.4 Å². The lowest BCUT2D eigenvalue weighted by Crippen LogP contribution is -2.23. The Morgan fingerprint density at radius 3 is 2.76 bits per heavy atom. The quantitative estimate of drug-likeness (QED) is 0.480. The van der Waals surface area contributed by atoms with Crippen molar-refractivity contribution in [1.82, 2.24) is 29.6 Å². The fourth-order valence-corrected chi connectivity index (χ4v) is 4.32. The van der Waals surface area contributed by atoms with E-state index in [1.54, 1.807) is 21.6 Å². The van der Waals surface area contributed by atoms with Crippen LogP contribution >= 0.6 is 0 Å². The molecule has 2 N–H and O–H groups in total. The number of benzene rings is 1. The van der Waals surface area contributed by atoms with Gasteiger partial charge < -0.3 is 10.6 Å². The van der Waals surface area contributed by atoms with Gasteiger partial charge in [0, 0.05) is 36.6 Å². The van der Waals surface area contributed by atoms with Crippen molar-refractivity contribution in [3.05, 3.63) is 69.7 Å². The number of aromatic nitrogens is 5. The maximum Gasteiger partial charge on any atom is 0.278 e. The van der Waals surface area contributed by atoms with Gasteiger partial charge in [0.15, 0.2) is 5.65 Å². The van der Waals surface area contributed by atoms with Crippen LogP contribution in [0.1, 0.15) is 44.5 Å². The SMILES string of the molecule is CCn1c(=O)c2cnc(Nc3cc4c(cc3F)CNCC4)nc2n1-c1ccnc(C(C)(C)C)c1. The van der Waals surface area contributed by atoms with Crippen LogP contribution < -0.4 is 16.2 Å². The third-order valence-corrected chi connectivity index (χ3v) is 6.15. The summed E-state index contributed by atoms with van der Waals surface area (Å²) in [4.78, 5) is 26.5. The first-order chi connectivity index (χ1) is 16.3. The number of fused-ring (bicyclic) bond motifs is 2. The Morgan fingerprint density at radius 1 is 1.18 bits per heavy atom. The van der Waals surface area contributed by atoms with Gasteiger partial charge in [0.05, 0.1) is 11.4 Å². The van der Waals surface area contributed by atoms with Crippen LogP contribution in [0.3, 0.4) is 0 Å². The van der Waals surface area contributed by atoms with E-state index in [0.29, 0.717) is 29.8 Å². The third kappa shape index (κ3) is 3.86. The van der Waals surface area contributed by atoms with Crippen LogP contribution in [0.2, 0.25) is 0 Å². The molecule has 176 valence electrons. The molecule has 9 heteroatoms. The minimum atomic E-state index is -0.362. The van der Waals surface area contributed by atoms with E-state index >= 15 is 0 Å². The highest BCUT2D eigenvalue weighted by Gasteiger charge is 2.21. The van der Waals surface area contributed by atoms with Crippen molar-refractivity contribution in [1.29, 1.82) is 0 Å². The zero-order valence-corrected chi connectivity index (χ0v) is 19.8. The average Bonchev–Trinajstić information content (AvgIpc) is 3.10. The van der Waals surface area contributed by atoms with Crippen LogP contribution in [-0.4, -0.2) is 30.9 Å². The first-order valence-corrected chi connectivity index (χ1v) is 11.5. The van der Waals surface area contributed by atoms with Crippen LogP contribution in [0.25, 0.3) is 16.7 Å². The zero-order valence-electron chi connectivity index (χ0n) is 19.8. The lowest BCUT2D eigenvalue weighted by Gasteiger charge is -2.19. The Labute approximate surface area is 196 Å². The largest absolute Gasteiger partial charge is 0.322 e. The van der Waals surface area contributed by atoms with Crippen LogP contribution in [0.4, 0.5) is 16.0 Å². The Hall–Kier alpha value is -3.59. The second-order valence-electron chi connectivity index (χ2n) is 9.57. The maximum absolute atomic E-state index is 14.8. The summed E-state index contributed by atoms with van der Waals surface area (Å²) in [6.45, 7) is 10.2. The van der Waals surface area contributed by atoms with Gasteiger partial charge in [-0.05, 0) is 55.3 Å². The van der Waals surface area contributed by atoms with Gasteiger partial charge in [0.1, 0.15) is 11.2 Å². The molecule has 4 heterocycles. The highest BCUT2D eigenvalue weighted by atomic mass is 19.1. The molecule has 8 nitrogen and oxygen atoms in total. The topological polar surface area (TPSA) is 89.7 Å². The molecule has 3 aromatic heterocycles. The van der Waals surface area contributed by atoms with Crippen molar-refractivity contribution in [2.75, 3.05) is 11.9 Å². The van der Waals surface area contributed by atoms with Gasteiger partial charge in [-0.25, -0.2) is 18.7 Å². The van der Waals surface area contributed by atoms with Crippen LogP contribution in [-0.2, 0) is 24.9 Å². The molecule has 4 aromatic rings. The van der Waals surface area contributed by atoms with Gasteiger partial charge in [-0.1, -0.05) is 20.8 Å². The number of pyridine rings is 1. The molecular weight excluding hydrogens is 433 g/mol. The van der Waals surface area contributed by atoms with Crippen LogP contribution in [0.15, 0.2) is 41.5 Å². The van der Waals surface area contributed by atoms with Crippen molar-refractivity contribution in [2.45, 2.75) is 52.6 Å². The second-order valence-corrected chi connectivity index (χ2v) is 9.57. The summed E-state index contributed by atoms with van der Waals surface area (Å²) < 4.78 is 18.2. The molecule has 0 spiro atoms. The van der Waals surface area contributed by atoms with Crippen LogP contribution in [0, 0.1) is 5.82 Å². The number of hydrogen-bond acceptors (Lipinski definition) is 6. The molecule has 0 amide bonds. The molecule has 34 heavy (non-hydrogen) atoms. The predicted octanol–water partition coefficient (Wildman–Crippen LogP) is 3.82. The van der Waals surface area contributed by atoms with E-state index < -0.39 is 0 Å². The highest BCUT2D eigenvalue weighted by molar-refractivity contribution is 5.77. The van der Waals surface area contributed by atoms with Crippen LogP contribution in [0.5, 0.6) is 0 Å². The maximum atomic E-state index is 14.8. The Bertz CT molecular complexity index is 1450. The molecule has 0 bridgehead atoms. The van der Waals surface area contributed by atoms with E-state index in [9.17, 15) is 9.18 Å². The molecule has 5 rings (SSSR count). The number of nitrogens with zero attached hydrogens (tertiary/aromatic N) is 5. The fraction of sp³-hybridized carbons (Fsp3) is 0.360. The zero-order chi connectivity index (χ0) is 24.0. The number of rotatable bonds is 4. The Morgan fingerprint density at radius 2 is 2.00 bits per heavy atom. The summed E-state index contributed by atoms with van der Waals surface area (Å²) in [5.74, 6) is -0.133. The molecule has 1 aliphatic heterocycles. The summed E-state index contributed by atoms with van der Waals surface area (Å²) in [7, 11) is 0. The standard InChI is InChI=1S/C25H28FN7O/c1-5-32-23(34)18-14-29-24(30-20-11-15-6-8-27-13-16(15)10-19(20)26)31-22(18)33(32)17-7-9-28-21(12-17)25(2,3)4/h7,9-12,14,27H,5-6,8,13H2,1-4H3,(H,29,30,31). The van der Waals surface area contributed by atoms with Gasteiger partial charge >= 0.3 is 0 Å². The number of anilines is 2. The summed E-state index contributed by atoms with van der Waals surface area (Å²) in [6, 6.07) is 7.20. The van der Waals surface area contributed by atoms with Gasteiger partial charge in [0.2, 0.25) is 5.95 Å². The van der Waals surface area contributed by atoms with Crippen molar-refractivity contribution >= 4 is 22.7 Å². The van der Waals surface area contributed by atoms with E-state index in [0.717, 1.165) is 35.5 Å². The lowest BCUT2D eigenvalue weighted by molar-refractivity contribution is 0.557. The molecular formula is C25H28FN7O. The predicted molar refractivity (Wildman–Crippen MR) is 130 cm³/mol. The first kappa shape index (κ1) is 22.2. The fourth-order valence-electron chi connectivity index (χ4n) is 4.32. The Kier molecular flexibility index (Phi) is 5.44. The van der Waals surface area contributed by atoms with E-state index in [1.165, 1.54) is 6.20 Å². The molecule has 1 aromatic carbocycles. The highest BCUT2D eigenvalue weighted by Crippen LogP contribution is 2.26. The minimum Gasteiger partial charge on any atom is -0.322 e. The number of hydrogen-bond donors (Lipinski definition) is 2. The van der Waals surface area contributed by atoms with Crippen molar-refractivity contribution < 1.29 is 4.39 Å². The van der Waals surface area contributed by atoms with Crippen molar-refractivity contribution in [3.8, 4) is 5.69 Å². The lowest BCUT2D eigenvalue weighted by atomic mass is 9.91. The second kappa shape index (κ2) is 8.32. The summed E-state index contributed by atoms with van der Waals surface area (Å²) in [6.07, 6.45) is 4.08. The van der Waals surface area contributed by atoms with Gasteiger partial charge in [0.25, 0.3) is 5.56 Å². The molecule has 0 atom stereocenters. The minimum absolute atomic E-state index is 0.155. The molecule has 1 aliphatic rings. The number of halogens is 1. The third-order valence-electron chi connectivity index (χ3n) is 6.15. The van der Waals surface area contributed by atoms with Gasteiger partial charge in [-0.15, -0.1) is 0 Å². The molecule has 0 aliphatic carbocycles.